The van der Waals surface area contributed by atoms with Crippen LogP contribution in [0.1, 0.15) is 34.2 Å². The minimum Gasteiger partial charge on any atom is -0.492 e. The third-order valence-corrected chi connectivity index (χ3v) is 3.82. The number of ether oxygens (including phenoxy) is 1. The van der Waals surface area contributed by atoms with Crippen LogP contribution in [-0.4, -0.2) is 45.6 Å². The van der Waals surface area contributed by atoms with Gasteiger partial charge in [0.2, 0.25) is 0 Å². The average Bonchev–Trinajstić information content (AvgIpc) is 2.57. The molecule has 0 saturated heterocycles. The quantitative estimate of drug-likeness (QED) is 0.802. The lowest BCUT2D eigenvalue weighted by molar-refractivity contribution is 0.0690. The molecule has 0 bridgehead atoms. The number of likely N-dealkylation sites (N-methyl/N-ethyl adjacent to an activating group) is 1. The van der Waals surface area contributed by atoms with Crippen LogP contribution < -0.4 is 4.74 Å². The van der Waals surface area contributed by atoms with Crippen molar-refractivity contribution < 1.29 is 14.6 Å². The molecule has 6 nitrogen and oxygen atoms in total. The van der Waals surface area contributed by atoms with Crippen LogP contribution in [0.4, 0.5) is 0 Å². The number of rotatable bonds is 8. The highest BCUT2D eigenvalue weighted by Crippen LogP contribution is 2.22. The Hall–Kier alpha value is -2.47. The van der Waals surface area contributed by atoms with Gasteiger partial charge in [0.05, 0.1) is 18.1 Å². The second-order valence-electron chi connectivity index (χ2n) is 5.64. The van der Waals surface area contributed by atoms with Crippen molar-refractivity contribution in [3.63, 3.8) is 0 Å². The van der Waals surface area contributed by atoms with Gasteiger partial charge in [0.15, 0.2) is 5.69 Å². The van der Waals surface area contributed by atoms with Crippen LogP contribution in [0.5, 0.6) is 5.75 Å². The van der Waals surface area contributed by atoms with Gasteiger partial charge in [0, 0.05) is 13.1 Å². The second-order valence-corrected chi connectivity index (χ2v) is 5.64. The summed E-state index contributed by atoms with van der Waals surface area (Å²) in [5.74, 6) is -0.123. The van der Waals surface area contributed by atoms with Gasteiger partial charge in [0.1, 0.15) is 12.4 Å². The van der Waals surface area contributed by atoms with E-state index in [0.717, 1.165) is 35.7 Å². The van der Waals surface area contributed by atoms with Gasteiger partial charge in [-0.15, -0.1) is 0 Å². The molecule has 128 valence electrons. The molecule has 0 aliphatic heterocycles. The van der Waals surface area contributed by atoms with Gasteiger partial charge < -0.3 is 9.84 Å². The van der Waals surface area contributed by atoms with Crippen LogP contribution >= 0.6 is 0 Å². The SMILES string of the molecule is CCN(CCOc1c(C)cccc1C)Cc1cnc(C(=O)O)cn1. The van der Waals surface area contributed by atoms with Crippen LogP contribution in [0.25, 0.3) is 0 Å². The van der Waals surface area contributed by atoms with E-state index in [1.165, 1.54) is 12.4 Å². The Morgan fingerprint density at radius 3 is 2.46 bits per heavy atom. The van der Waals surface area contributed by atoms with E-state index in [9.17, 15) is 4.79 Å². The molecule has 0 aliphatic rings. The number of carbonyl (C=O) groups is 1. The Balaban J connectivity index is 1.89. The summed E-state index contributed by atoms with van der Waals surface area (Å²) < 4.78 is 5.93. The zero-order valence-corrected chi connectivity index (χ0v) is 14.3. The second kappa shape index (κ2) is 8.40. The predicted octanol–water partition coefficient (Wildman–Crippen LogP) is 2.69. The molecule has 1 heterocycles. The number of benzene rings is 1. The van der Waals surface area contributed by atoms with Crippen molar-refractivity contribution in [3.8, 4) is 5.75 Å². The van der Waals surface area contributed by atoms with E-state index < -0.39 is 5.97 Å². The Morgan fingerprint density at radius 2 is 1.92 bits per heavy atom. The number of hydrogen-bond donors (Lipinski definition) is 1. The standard InChI is InChI=1S/C18H23N3O3/c1-4-21(12-15-10-20-16(11-19-15)18(22)23)8-9-24-17-13(2)6-5-7-14(17)3/h5-7,10-11H,4,8-9,12H2,1-3H3,(H,22,23). The average molecular weight is 329 g/mol. The fourth-order valence-corrected chi connectivity index (χ4v) is 2.43. The monoisotopic (exact) mass is 329 g/mol. The van der Waals surface area contributed by atoms with Gasteiger partial charge in [-0.3, -0.25) is 9.88 Å². The molecule has 2 aromatic rings. The lowest BCUT2D eigenvalue weighted by Crippen LogP contribution is -2.28. The van der Waals surface area contributed by atoms with Gasteiger partial charge >= 0.3 is 5.97 Å². The highest BCUT2D eigenvalue weighted by Gasteiger charge is 2.09. The Labute approximate surface area is 142 Å². The summed E-state index contributed by atoms with van der Waals surface area (Å²) >= 11 is 0. The first-order valence-corrected chi connectivity index (χ1v) is 7.96. The van der Waals surface area contributed by atoms with Crippen molar-refractivity contribution >= 4 is 5.97 Å². The van der Waals surface area contributed by atoms with Crippen LogP contribution in [-0.2, 0) is 6.54 Å². The first kappa shape index (κ1) is 17.9. The number of hydrogen-bond acceptors (Lipinski definition) is 5. The third-order valence-electron chi connectivity index (χ3n) is 3.82. The Morgan fingerprint density at radius 1 is 1.21 bits per heavy atom. The summed E-state index contributed by atoms with van der Waals surface area (Å²) in [5, 5.41) is 8.84. The minimum absolute atomic E-state index is 0.0415. The zero-order chi connectivity index (χ0) is 17.5. The van der Waals surface area contributed by atoms with Gasteiger partial charge in [-0.2, -0.15) is 0 Å². The molecule has 0 radical (unpaired) electrons. The summed E-state index contributed by atoms with van der Waals surface area (Å²) in [6, 6.07) is 6.11. The highest BCUT2D eigenvalue weighted by atomic mass is 16.5. The Kier molecular flexibility index (Phi) is 6.26. The summed E-state index contributed by atoms with van der Waals surface area (Å²) in [4.78, 5) is 21.0. The van der Waals surface area contributed by atoms with E-state index in [0.29, 0.717) is 13.2 Å². The van der Waals surface area contributed by atoms with Crippen LogP contribution in [0.3, 0.4) is 0 Å². The molecule has 24 heavy (non-hydrogen) atoms. The molecular weight excluding hydrogens is 306 g/mol. The first-order chi connectivity index (χ1) is 11.5. The normalized spacial score (nSPS) is 10.8. The van der Waals surface area contributed by atoms with Crippen LogP contribution in [0.2, 0.25) is 0 Å². The van der Waals surface area contributed by atoms with Crippen molar-refractivity contribution in [3.05, 3.63) is 53.1 Å². The molecule has 0 fully saturated rings. The fourth-order valence-electron chi connectivity index (χ4n) is 2.43. The van der Waals surface area contributed by atoms with Crippen LogP contribution in [0.15, 0.2) is 30.6 Å². The van der Waals surface area contributed by atoms with Crippen molar-refractivity contribution in [1.29, 1.82) is 0 Å². The Bertz CT molecular complexity index is 666. The van der Waals surface area contributed by atoms with E-state index in [2.05, 4.69) is 21.8 Å². The molecule has 0 saturated carbocycles. The maximum absolute atomic E-state index is 10.8. The molecule has 0 unspecified atom stereocenters. The van der Waals surface area contributed by atoms with E-state index in [1.54, 1.807) is 0 Å². The van der Waals surface area contributed by atoms with Gasteiger partial charge in [-0.25, -0.2) is 9.78 Å². The van der Waals surface area contributed by atoms with Gasteiger partial charge in [0.25, 0.3) is 0 Å². The molecule has 1 N–H and O–H groups in total. The molecule has 6 heteroatoms. The number of nitrogens with zero attached hydrogens (tertiary/aromatic N) is 3. The minimum atomic E-state index is -1.07. The number of carboxylic acid groups (broad SMARTS) is 1. The summed E-state index contributed by atoms with van der Waals surface area (Å²) in [7, 11) is 0. The van der Waals surface area contributed by atoms with Crippen molar-refractivity contribution in [2.24, 2.45) is 0 Å². The number of carboxylic acids is 1. The van der Waals surface area contributed by atoms with Crippen molar-refractivity contribution in [1.82, 2.24) is 14.9 Å². The predicted molar refractivity (Wildman–Crippen MR) is 91.4 cm³/mol. The zero-order valence-electron chi connectivity index (χ0n) is 14.3. The van der Waals surface area contributed by atoms with E-state index in [4.69, 9.17) is 9.84 Å². The summed E-state index contributed by atoms with van der Waals surface area (Å²) in [6.07, 6.45) is 2.80. The molecule has 0 amide bonds. The smallest absolute Gasteiger partial charge is 0.356 e. The fraction of sp³-hybridized carbons (Fsp3) is 0.389. The lowest BCUT2D eigenvalue weighted by Gasteiger charge is -2.20. The van der Waals surface area contributed by atoms with Crippen molar-refractivity contribution in [2.75, 3.05) is 19.7 Å². The van der Waals surface area contributed by atoms with E-state index >= 15 is 0 Å². The van der Waals surface area contributed by atoms with Gasteiger partial charge in [-0.1, -0.05) is 25.1 Å². The maximum Gasteiger partial charge on any atom is 0.356 e. The largest absolute Gasteiger partial charge is 0.492 e. The molecule has 0 atom stereocenters. The molecule has 0 spiro atoms. The number of aryl methyl sites for hydroxylation is 2. The van der Waals surface area contributed by atoms with Crippen molar-refractivity contribution in [2.45, 2.75) is 27.3 Å². The van der Waals surface area contributed by atoms with E-state index in [1.807, 2.05) is 32.0 Å². The van der Waals surface area contributed by atoms with E-state index in [-0.39, 0.29) is 5.69 Å². The summed E-state index contributed by atoms with van der Waals surface area (Å²) in [6.45, 7) is 8.95. The first-order valence-electron chi connectivity index (χ1n) is 7.96. The lowest BCUT2D eigenvalue weighted by atomic mass is 10.1. The van der Waals surface area contributed by atoms with Gasteiger partial charge in [-0.05, 0) is 31.5 Å². The molecule has 2 rings (SSSR count). The molecule has 0 aliphatic carbocycles. The van der Waals surface area contributed by atoms with Crippen LogP contribution in [0, 0.1) is 13.8 Å². The maximum atomic E-state index is 10.8. The third kappa shape index (κ3) is 4.76. The molecular formula is C18H23N3O3. The summed E-state index contributed by atoms with van der Waals surface area (Å²) in [5.41, 5.74) is 2.97. The topological polar surface area (TPSA) is 75.5 Å². The number of para-hydroxylation sites is 1. The number of aromatic carboxylic acids is 1. The number of aromatic nitrogens is 2. The molecule has 1 aromatic carbocycles. The highest BCUT2D eigenvalue weighted by molar-refractivity contribution is 5.84. The molecule has 1 aromatic heterocycles.